The molecule has 3 rings (SSSR count). The Morgan fingerprint density at radius 2 is 1.93 bits per heavy atom. The van der Waals surface area contributed by atoms with Crippen LogP contribution in [0, 0.1) is 18.6 Å². The number of esters is 1. The first-order chi connectivity index (χ1) is 13.4. The molecular weight excluding hydrogens is 370 g/mol. The Morgan fingerprint density at radius 3 is 2.68 bits per heavy atom. The second-order valence-corrected chi connectivity index (χ2v) is 5.98. The van der Waals surface area contributed by atoms with Crippen molar-refractivity contribution in [3.05, 3.63) is 59.4 Å². The van der Waals surface area contributed by atoms with Crippen molar-refractivity contribution in [3.63, 3.8) is 0 Å². The van der Waals surface area contributed by atoms with Crippen molar-refractivity contribution >= 4 is 28.7 Å². The number of amides is 2. The van der Waals surface area contributed by atoms with Crippen LogP contribution < -0.4 is 10.6 Å². The maximum atomic E-state index is 13.9. The number of nitrogens with zero attached hydrogens (tertiary/aromatic N) is 2. The van der Waals surface area contributed by atoms with Gasteiger partial charge in [-0.25, -0.2) is 23.4 Å². The monoisotopic (exact) mass is 388 g/mol. The molecule has 0 aliphatic heterocycles. The van der Waals surface area contributed by atoms with Crippen molar-refractivity contribution in [2.45, 2.75) is 13.5 Å². The van der Waals surface area contributed by atoms with Crippen molar-refractivity contribution in [2.75, 3.05) is 19.0 Å². The van der Waals surface area contributed by atoms with Crippen LogP contribution in [0.4, 0.5) is 19.3 Å². The van der Waals surface area contributed by atoms with Crippen LogP contribution in [0.15, 0.2) is 36.4 Å². The van der Waals surface area contributed by atoms with Crippen molar-refractivity contribution < 1.29 is 23.1 Å². The van der Waals surface area contributed by atoms with Gasteiger partial charge in [0.15, 0.2) is 0 Å². The molecule has 0 radical (unpaired) electrons. The normalized spacial score (nSPS) is 10.7. The molecule has 3 aromatic rings. The van der Waals surface area contributed by atoms with Gasteiger partial charge in [-0.2, -0.15) is 0 Å². The second-order valence-electron chi connectivity index (χ2n) is 5.98. The van der Waals surface area contributed by atoms with Gasteiger partial charge >= 0.3 is 12.0 Å². The number of hydrogen-bond donors (Lipinski definition) is 2. The van der Waals surface area contributed by atoms with Gasteiger partial charge in [0, 0.05) is 19.2 Å². The predicted octanol–water partition coefficient (Wildman–Crippen LogP) is 3.23. The minimum absolute atomic E-state index is 0.250. The van der Waals surface area contributed by atoms with Crippen LogP contribution in [0.5, 0.6) is 0 Å². The summed E-state index contributed by atoms with van der Waals surface area (Å²) in [5, 5.41) is 4.85. The number of ether oxygens (including phenoxy) is 1. The molecule has 0 fully saturated rings. The van der Waals surface area contributed by atoms with Crippen LogP contribution in [0.2, 0.25) is 0 Å². The second kappa shape index (κ2) is 8.03. The van der Waals surface area contributed by atoms with Gasteiger partial charge in [-0.3, -0.25) is 0 Å². The Labute approximate surface area is 159 Å². The highest BCUT2D eigenvalue weighted by molar-refractivity contribution is 5.94. The third-order valence-electron chi connectivity index (χ3n) is 4.18. The standard InChI is InChI=1S/C19H18F2N4O3/c1-11-23-15-5-3-4-6-17(15)25(11)8-7-22-19(27)24-16-9-12(18(26)28-2)13(20)10-14(16)21/h3-6,9-10H,7-8H2,1-2H3,(H2,22,24,27). The predicted molar refractivity (Wildman–Crippen MR) is 99.2 cm³/mol. The zero-order valence-corrected chi connectivity index (χ0v) is 15.3. The topological polar surface area (TPSA) is 85.2 Å². The van der Waals surface area contributed by atoms with E-state index in [4.69, 9.17) is 0 Å². The zero-order chi connectivity index (χ0) is 20.3. The molecule has 2 amide bonds. The molecule has 1 aromatic heterocycles. The third kappa shape index (κ3) is 3.93. The molecular formula is C19H18F2N4O3. The number of hydrogen-bond acceptors (Lipinski definition) is 4. The van der Waals surface area contributed by atoms with E-state index in [2.05, 4.69) is 20.4 Å². The molecule has 0 aliphatic carbocycles. The highest BCUT2D eigenvalue weighted by Crippen LogP contribution is 2.20. The molecule has 0 aliphatic rings. The first-order valence-corrected chi connectivity index (χ1v) is 8.44. The first-order valence-electron chi connectivity index (χ1n) is 8.44. The number of methoxy groups -OCH3 is 1. The van der Waals surface area contributed by atoms with E-state index < -0.39 is 29.2 Å². The van der Waals surface area contributed by atoms with Gasteiger partial charge in [-0.05, 0) is 25.1 Å². The van der Waals surface area contributed by atoms with E-state index in [1.54, 1.807) is 0 Å². The average Bonchev–Trinajstić information content (AvgIpc) is 2.99. The fourth-order valence-electron chi connectivity index (χ4n) is 2.84. The molecule has 7 nitrogen and oxygen atoms in total. The van der Waals surface area contributed by atoms with Crippen molar-refractivity contribution in [2.24, 2.45) is 0 Å². The molecule has 0 bridgehead atoms. The molecule has 0 spiro atoms. The van der Waals surface area contributed by atoms with Crippen molar-refractivity contribution in [1.82, 2.24) is 14.9 Å². The summed E-state index contributed by atoms with van der Waals surface area (Å²) in [5.41, 5.74) is 0.992. The molecule has 0 atom stereocenters. The number of anilines is 1. The zero-order valence-electron chi connectivity index (χ0n) is 15.3. The molecule has 28 heavy (non-hydrogen) atoms. The summed E-state index contributed by atoms with van der Waals surface area (Å²) in [7, 11) is 1.08. The SMILES string of the molecule is COC(=O)c1cc(NC(=O)NCCn2c(C)nc3ccccc32)c(F)cc1F. The van der Waals surface area contributed by atoms with Crippen LogP contribution in [0.1, 0.15) is 16.2 Å². The lowest BCUT2D eigenvalue weighted by Gasteiger charge is -2.11. The number of rotatable bonds is 5. The van der Waals surface area contributed by atoms with Crippen LogP contribution in [-0.2, 0) is 11.3 Å². The van der Waals surface area contributed by atoms with E-state index in [1.807, 2.05) is 35.8 Å². The summed E-state index contributed by atoms with van der Waals surface area (Å²) >= 11 is 0. The fourth-order valence-corrected chi connectivity index (χ4v) is 2.84. The van der Waals surface area contributed by atoms with E-state index in [9.17, 15) is 18.4 Å². The summed E-state index contributed by atoms with van der Waals surface area (Å²) in [6.07, 6.45) is 0. The van der Waals surface area contributed by atoms with Gasteiger partial charge in [-0.15, -0.1) is 0 Å². The van der Waals surface area contributed by atoms with Crippen LogP contribution in [0.25, 0.3) is 11.0 Å². The summed E-state index contributed by atoms with van der Waals surface area (Å²) < 4.78 is 33.9. The average molecular weight is 388 g/mol. The minimum Gasteiger partial charge on any atom is -0.465 e. The molecule has 2 N–H and O–H groups in total. The number of carbonyl (C=O) groups excluding carboxylic acids is 2. The Kier molecular flexibility index (Phi) is 5.53. The molecule has 0 unspecified atom stereocenters. The smallest absolute Gasteiger partial charge is 0.340 e. The van der Waals surface area contributed by atoms with Crippen LogP contribution in [0.3, 0.4) is 0 Å². The van der Waals surface area contributed by atoms with E-state index in [0.717, 1.165) is 30.0 Å². The van der Waals surface area contributed by atoms with Gasteiger partial charge in [0.1, 0.15) is 17.5 Å². The summed E-state index contributed by atoms with van der Waals surface area (Å²) in [6.45, 7) is 2.57. The maximum absolute atomic E-state index is 13.9. The minimum atomic E-state index is -1.07. The van der Waals surface area contributed by atoms with Crippen molar-refractivity contribution in [3.8, 4) is 0 Å². The number of urea groups is 1. The lowest BCUT2D eigenvalue weighted by molar-refractivity contribution is 0.0595. The van der Waals surface area contributed by atoms with Crippen molar-refractivity contribution in [1.29, 1.82) is 0 Å². The number of nitrogens with one attached hydrogen (secondary N) is 2. The Bertz CT molecular complexity index is 1050. The number of benzene rings is 2. The van der Waals surface area contributed by atoms with Crippen LogP contribution >= 0.6 is 0 Å². The number of carbonyl (C=O) groups is 2. The Morgan fingerprint density at radius 1 is 1.18 bits per heavy atom. The number of imidazole rings is 1. The third-order valence-corrected chi connectivity index (χ3v) is 4.18. The van der Waals surface area contributed by atoms with E-state index >= 15 is 0 Å². The van der Waals surface area contributed by atoms with E-state index in [-0.39, 0.29) is 12.2 Å². The lowest BCUT2D eigenvalue weighted by Crippen LogP contribution is -2.32. The first kappa shape index (κ1) is 19.3. The van der Waals surface area contributed by atoms with Gasteiger partial charge < -0.3 is 19.9 Å². The number of halogens is 2. The van der Waals surface area contributed by atoms with Gasteiger partial charge in [0.25, 0.3) is 0 Å². The Balaban J connectivity index is 1.65. The number of fused-ring (bicyclic) bond motifs is 1. The summed E-state index contributed by atoms with van der Waals surface area (Å²) in [6, 6.07) is 8.34. The molecule has 9 heteroatoms. The lowest BCUT2D eigenvalue weighted by atomic mass is 10.2. The van der Waals surface area contributed by atoms with Gasteiger partial charge in [0.2, 0.25) is 0 Å². The molecule has 0 saturated carbocycles. The Hall–Kier alpha value is -3.49. The molecule has 146 valence electrons. The quantitative estimate of drug-likeness (QED) is 0.657. The summed E-state index contributed by atoms with van der Waals surface area (Å²) in [5.74, 6) is -2.24. The van der Waals surface area contributed by atoms with E-state index in [0.29, 0.717) is 12.6 Å². The highest BCUT2D eigenvalue weighted by Gasteiger charge is 2.18. The highest BCUT2D eigenvalue weighted by atomic mass is 19.1. The largest absolute Gasteiger partial charge is 0.465 e. The van der Waals surface area contributed by atoms with Crippen LogP contribution in [-0.4, -0.2) is 35.2 Å². The molecule has 1 heterocycles. The number of aryl methyl sites for hydroxylation is 1. The van der Waals surface area contributed by atoms with Gasteiger partial charge in [-0.1, -0.05) is 12.1 Å². The molecule has 0 saturated heterocycles. The number of para-hydroxylation sites is 2. The van der Waals surface area contributed by atoms with Gasteiger partial charge in [0.05, 0.1) is 29.4 Å². The fraction of sp³-hybridized carbons (Fsp3) is 0.211. The van der Waals surface area contributed by atoms with E-state index in [1.165, 1.54) is 0 Å². The maximum Gasteiger partial charge on any atom is 0.340 e. The molecule has 2 aromatic carbocycles. The number of aromatic nitrogens is 2. The summed E-state index contributed by atoms with van der Waals surface area (Å²) in [4.78, 5) is 28.0.